The van der Waals surface area contributed by atoms with Crippen LogP contribution in [-0.2, 0) is 28.7 Å². The molecule has 5 amide bonds. The average molecular weight is 777 g/mol. The summed E-state index contributed by atoms with van der Waals surface area (Å²) in [5.74, 6) is -1.34. The summed E-state index contributed by atoms with van der Waals surface area (Å²) in [6.45, 7) is 3.83. The number of ether oxygens (including phenoxy) is 3. The Morgan fingerprint density at radius 3 is 2.36 bits per heavy atom. The van der Waals surface area contributed by atoms with E-state index in [9.17, 15) is 28.8 Å². The van der Waals surface area contributed by atoms with Gasteiger partial charge in [0, 0.05) is 56.6 Å². The normalized spacial score (nSPS) is 19.3. The highest BCUT2D eigenvalue weighted by molar-refractivity contribution is 5.99. The van der Waals surface area contributed by atoms with E-state index in [1.807, 2.05) is 6.92 Å². The number of carbonyl (C=O) groups is 6. The van der Waals surface area contributed by atoms with Crippen LogP contribution in [-0.4, -0.2) is 126 Å². The Hall–Kier alpha value is -4.95. The second kappa shape index (κ2) is 19.8. The molecule has 0 radical (unpaired) electrons. The number of hydrogen-bond donors (Lipinski definition) is 2. The van der Waals surface area contributed by atoms with Crippen LogP contribution >= 0.6 is 0 Å². The van der Waals surface area contributed by atoms with Gasteiger partial charge in [0.1, 0.15) is 23.5 Å². The SMILES string of the molecule is CCCCOC(=O)N1CCN(C(=O)C(CCC(=O)OCC2CCCC2)NC(=O)c2cc(OCC(=O)N3CCCC3C(=O)NC3CCC3)c3ccccc3n2)CC1. The van der Waals surface area contributed by atoms with Gasteiger partial charge in [-0.3, -0.25) is 24.0 Å². The maximum absolute atomic E-state index is 14.0. The van der Waals surface area contributed by atoms with Crippen LogP contribution < -0.4 is 15.4 Å². The maximum atomic E-state index is 14.0. The van der Waals surface area contributed by atoms with Gasteiger partial charge in [0.15, 0.2) is 6.61 Å². The number of rotatable bonds is 16. The Balaban J connectivity index is 1.12. The molecule has 56 heavy (non-hydrogen) atoms. The van der Waals surface area contributed by atoms with E-state index in [0.29, 0.717) is 43.0 Å². The third-order valence-corrected chi connectivity index (χ3v) is 11.4. The van der Waals surface area contributed by atoms with E-state index in [2.05, 4.69) is 15.6 Å². The molecule has 1 aromatic carbocycles. The molecular formula is C41H56N6O9. The van der Waals surface area contributed by atoms with Crippen LogP contribution in [0.15, 0.2) is 30.3 Å². The molecule has 2 saturated heterocycles. The number of fused-ring (bicyclic) bond motifs is 1. The number of aromatic nitrogens is 1. The Kier molecular flexibility index (Phi) is 14.4. The number of hydrogen-bond acceptors (Lipinski definition) is 10. The van der Waals surface area contributed by atoms with Gasteiger partial charge in [-0.05, 0) is 75.8 Å². The van der Waals surface area contributed by atoms with E-state index in [-0.39, 0.29) is 80.8 Å². The van der Waals surface area contributed by atoms with Crippen LogP contribution in [0.3, 0.4) is 0 Å². The van der Waals surface area contributed by atoms with Crippen molar-refractivity contribution in [2.75, 3.05) is 52.5 Å². The van der Waals surface area contributed by atoms with Crippen LogP contribution in [0.1, 0.15) is 101 Å². The van der Waals surface area contributed by atoms with E-state index in [1.165, 1.54) is 6.07 Å². The number of esters is 1. The quantitative estimate of drug-likeness (QED) is 0.188. The lowest BCUT2D eigenvalue weighted by Gasteiger charge is -2.36. The number of pyridine rings is 1. The molecule has 0 bridgehead atoms. The van der Waals surface area contributed by atoms with Gasteiger partial charge in [-0.2, -0.15) is 0 Å². The number of piperazine rings is 1. The third-order valence-electron chi connectivity index (χ3n) is 11.4. The molecule has 2 atom stereocenters. The molecule has 2 saturated carbocycles. The lowest BCUT2D eigenvalue weighted by atomic mass is 9.93. The van der Waals surface area contributed by atoms with Gasteiger partial charge in [0.2, 0.25) is 11.8 Å². The topological polar surface area (TPSA) is 177 Å². The van der Waals surface area contributed by atoms with Crippen LogP contribution in [0.5, 0.6) is 5.75 Å². The molecule has 2 aliphatic heterocycles. The number of likely N-dealkylation sites (tertiary alicyclic amines) is 1. The zero-order valence-electron chi connectivity index (χ0n) is 32.5. The summed E-state index contributed by atoms with van der Waals surface area (Å²) in [4.78, 5) is 88.9. The van der Waals surface area contributed by atoms with Crippen molar-refractivity contribution in [2.45, 2.75) is 109 Å². The van der Waals surface area contributed by atoms with Crippen molar-refractivity contribution in [1.82, 2.24) is 30.3 Å². The smallest absolute Gasteiger partial charge is 0.409 e. The van der Waals surface area contributed by atoms with Gasteiger partial charge in [0.25, 0.3) is 11.8 Å². The molecule has 2 aromatic rings. The molecule has 4 aliphatic rings. The number of nitrogens with one attached hydrogen (secondary N) is 2. The number of amides is 5. The predicted octanol–water partition coefficient (Wildman–Crippen LogP) is 3.97. The fourth-order valence-electron chi connectivity index (χ4n) is 7.73. The van der Waals surface area contributed by atoms with Crippen molar-refractivity contribution >= 4 is 46.6 Å². The summed E-state index contributed by atoms with van der Waals surface area (Å²) in [5, 5.41) is 6.45. The van der Waals surface area contributed by atoms with Crippen molar-refractivity contribution in [3.05, 3.63) is 36.0 Å². The first kappa shape index (κ1) is 40.7. The van der Waals surface area contributed by atoms with E-state index in [0.717, 1.165) is 64.2 Å². The van der Waals surface area contributed by atoms with Crippen molar-refractivity contribution in [3.63, 3.8) is 0 Å². The van der Waals surface area contributed by atoms with Crippen molar-refractivity contribution in [2.24, 2.45) is 5.92 Å². The minimum absolute atomic E-state index is 0.00408. The monoisotopic (exact) mass is 776 g/mol. The van der Waals surface area contributed by atoms with Gasteiger partial charge in [-0.1, -0.05) is 38.3 Å². The second-order valence-corrected chi connectivity index (χ2v) is 15.4. The van der Waals surface area contributed by atoms with E-state index >= 15 is 0 Å². The number of carbonyl (C=O) groups excluding carboxylic acids is 6. The van der Waals surface area contributed by atoms with Crippen molar-refractivity contribution in [1.29, 1.82) is 0 Å². The molecule has 1 aromatic heterocycles. The highest BCUT2D eigenvalue weighted by Crippen LogP contribution is 2.28. The summed E-state index contributed by atoms with van der Waals surface area (Å²) in [5.41, 5.74) is 0.410. The summed E-state index contributed by atoms with van der Waals surface area (Å²) in [6, 6.07) is 7.05. The van der Waals surface area contributed by atoms with Crippen molar-refractivity contribution in [3.8, 4) is 5.75 Å². The Morgan fingerprint density at radius 1 is 0.875 bits per heavy atom. The Bertz CT molecular complexity index is 1720. The van der Waals surface area contributed by atoms with Gasteiger partial charge >= 0.3 is 12.1 Å². The molecule has 4 fully saturated rings. The zero-order chi connectivity index (χ0) is 39.4. The maximum Gasteiger partial charge on any atom is 0.409 e. The molecule has 3 heterocycles. The zero-order valence-corrected chi connectivity index (χ0v) is 32.5. The number of para-hydroxylation sites is 1. The number of unbranched alkanes of at least 4 members (excludes halogenated alkanes) is 1. The largest absolute Gasteiger partial charge is 0.483 e. The minimum atomic E-state index is -1.08. The van der Waals surface area contributed by atoms with Gasteiger partial charge < -0.3 is 39.5 Å². The summed E-state index contributed by atoms with van der Waals surface area (Å²) in [7, 11) is 0. The van der Waals surface area contributed by atoms with Gasteiger partial charge in [-0.15, -0.1) is 0 Å². The molecule has 15 heteroatoms. The lowest BCUT2D eigenvalue weighted by Crippen LogP contribution is -2.56. The van der Waals surface area contributed by atoms with Crippen LogP contribution in [0.2, 0.25) is 0 Å². The highest BCUT2D eigenvalue weighted by Gasteiger charge is 2.36. The highest BCUT2D eigenvalue weighted by atomic mass is 16.6. The van der Waals surface area contributed by atoms with Crippen LogP contribution in [0.4, 0.5) is 4.79 Å². The van der Waals surface area contributed by atoms with Gasteiger partial charge in [-0.25, -0.2) is 9.78 Å². The van der Waals surface area contributed by atoms with E-state index in [4.69, 9.17) is 14.2 Å². The molecule has 304 valence electrons. The molecule has 15 nitrogen and oxygen atoms in total. The molecule has 6 rings (SSSR count). The first-order chi connectivity index (χ1) is 27.2. The fraction of sp³-hybridized carbons (Fsp3) is 0.634. The first-order valence-electron chi connectivity index (χ1n) is 20.5. The van der Waals surface area contributed by atoms with E-state index in [1.54, 1.807) is 39.0 Å². The average Bonchev–Trinajstić information content (AvgIpc) is 3.92. The number of benzene rings is 1. The summed E-state index contributed by atoms with van der Waals surface area (Å²) >= 11 is 0. The summed E-state index contributed by atoms with van der Waals surface area (Å²) in [6.07, 6.45) is 9.79. The fourth-order valence-corrected chi connectivity index (χ4v) is 7.73. The Morgan fingerprint density at radius 2 is 1.62 bits per heavy atom. The lowest BCUT2D eigenvalue weighted by molar-refractivity contribution is -0.145. The minimum Gasteiger partial charge on any atom is -0.483 e. The second-order valence-electron chi connectivity index (χ2n) is 15.4. The van der Waals surface area contributed by atoms with Crippen LogP contribution in [0, 0.1) is 5.92 Å². The standard InChI is InChI=1S/C41H56N6O9/c1-2-3-24-54-41(53)46-22-20-45(21-23-46)40(52)32(17-18-37(49)56-26-28-10-4-5-11-28)44-38(50)33-25-35(30-14-6-7-15-31(30)43-33)55-27-36(48)47-19-9-16-34(47)39(51)42-29-12-8-13-29/h6-7,14-15,25,28-29,32,34H,2-5,8-13,16-24,26-27H2,1H3,(H,42,51)(H,44,50). The molecule has 0 spiro atoms. The molecule has 2 aliphatic carbocycles. The van der Waals surface area contributed by atoms with Crippen LogP contribution in [0.25, 0.3) is 10.9 Å². The molecule has 2 unspecified atom stereocenters. The predicted molar refractivity (Wildman–Crippen MR) is 206 cm³/mol. The van der Waals surface area contributed by atoms with Crippen molar-refractivity contribution < 1.29 is 43.0 Å². The summed E-state index contributed by atoms with van der Waals surface area (Å²) < 4.78 is 16.9. The molecular weight excluding hydrogens is 720 g/mol. The third kappa shape index (κ3) is 10.7. The first-order valence-corrected chi connectivity index (χ1v) is 20.5. The number of nitrogens with zero attached hydrogens (tertiary/aromatic N) is 4. The molecule has 2 N–H and O–H groups in total. The van der Waals surface area contributed by atoms with Gasteiger partial charge in [0.05, 0.1) is 18.7 Å². The Labute approximate surface area is 328 Å². The van der Waals surface area contributed by atoms with E-state index < -0.39 is 30.1 Å².